The molecule has 1 aromatic heterocycles. The molecule has 1 N–H and O–H groups in total. The first-order chi connectivity index (χ1) is 12.1. The Morgan fingerprint density at radius 1 is 1.24 bits per heavy atom. The van der Waals surface area contributed by atoms with Crippen molar-refractivity contribution in [1.29, 1.82) is 0 Å². The molecule has 25 heavy (non-hydrogen) atoms. The van der Waals surface area contributed by atoms with E-state index in [1.54, 1.807) is 6.20 Å². The van der Waals surface area contributed by atoms with Gasteiger partial charge < -0.3 is 10.2 Å². The topological polar surface area (TPSA) is 45.2 Å². The molecular formula is C21H27N3O. The largest absolute Gasteiger partial charge is 0.367 e. The van der Waals surface area contributed by atoms with Crippen molar-refractivity contribution >= 4 is 17.3 Å². The number of nitrogens with zero attached hydrogens (tertiary/aromatic N) is 2. The van der Waals surface area contributed by atoms with Gasteiger partial charge in [0.05, 0.1) is 17.4 Å². The van der Waals surface area contributed by atoms with Crippen LogP contribution < -0.4 is 10.2 Å². The minimum absolute atomic E-state index is 0.100. The van der Waals surface area contributed by atoms with Crippen LogP contribution in [0.3, 0.4) is 0 Å². The van der Waals surface area contributed by atoms with Gasteiger partial charge in [-0.15, -0.1) is 0 Å². The summed E-state index contributed by atoms with van der Waals surface area (Å²) in [5.41, 5.74) is 4.70. The molecule has 1 fully saturated rings. The SMILES string of the molecule is CCC1CCCCN1c1cncc(C(=O)Nc2c(C)cccc2C)c1. The van der Waals surface area contributed by atoms with Crippen LogP contribution in [0.25, 0.3) is 0 Å². The Labute approximate surface area is 150 Å². The Bertz CT molecular complexity index is 736. The number of benzene rings is 1. The second-order valence-electron chi connectivity index (χ2n) is 6.90. The van der Waals surface area contributed by atoms with E-state index in [0.717, 1.165) is 35.5 Å². The van der Waals surface area contributed by atoms with Gasteiger partial charge in [-0.1, -0.05) is 25.1 Å². The fraction of sp³-hybridized carbons (Fsp3) is 0.429. The summed E-state index contributed by atoms with van der Waals surface area (Å²) in [4.78, 5) is 19.5. The van der Waals surface area contributed by atoms with Gasteiger partial charge >= 0.3 is 0 Å². The van der Waals surface area contributed by atoms with Crippen molar-refractivity contribution in [3.05, 3.63) is 53.3 Å². The van der Waals surface area contributed by atoms with E-state index >= 15 is 0 Å². The molecule has 1 saturated heterocycles. The number of nitrogens with one attached hydrogen (secondary N) is 1. The van der Waals surface area contributed by atoms with Crippen molar-refractivity contribution in [2.45, 2.75) is 52.5 Å². The maximum atomic E-state index is 12.7. The lowest BCUT2D eigenvalue weighted by atomic mass is 9.99. The lowest BCUT2D eigenvalue weighted by Gasteiger charge is -2.37. The quantitative estimate of drug-likeness (QED) is 0.878. The molecule has 0 radical (unpaired) electrons. The number of aryl methyl sites for hydroxylation is 2. The molecule has 1 aliphatic rings. The Morgan fingerprint density at radius 2 is 2.00 bits per heavy atom. The number of rotatable bonds is 4. The third-order valence-corrected chi connectivity index (χ3v) is 5.14. The third-order valence-electron chi connectivity index (χ3n) is 5.14. The number of carbonyl (C=O) groups is 1. The molecule has 2 heterocycles. The molecule has 132 valence electrons. The molecule has 4 nitrogen and oxygen atoms in total. The van der Waals surface area contributed by atoms with Gasteiger partial charge in [0.15, 0.2) is 0 Å². The number of para-hydroxylation sites is 1. The first-order valence-electron chi connectivity index (χ1n) is 9.19. The van der Waals surface area contributed by atoms with E-state index in [1.807, 2.05) is 44.3 Å². The molecule has 0 spiro atoms. The molecule has 3 rings (SSSR count). The summed E-state index contributed by atoms with van der Waals surface area (Å²) in [6.45, 7) is 7.30. The monoisotopic (exact) mass is 337 g/mol. The average Bonchev–Trinajstić information content (AvgIpc) is 2.64. The van der Waals surface area contributed by atoms with Crippen LogP contribution in [-0.2, 0) is 0 Å². The number of pyridine rings is 1. The Kier molecular flexibility index (Phi) is 5.37. The second kappa shape index (κ2) is 7.68. The number of hydrogen-bond acceptors (Lipinski definition) is 3. The average molecular weight is 337 g/mol. The number of hydrogen-bond donors (Lipinski definition) is 1. The van der Waals surface area contributed by atoms with Gasteiger partial charge in [-0.25, -0.2) is 0 Å². The van der Waals surface area contributed by atoms with Gasteiger partial charge in [0.2, 0.25) is 0 Å². The summed E-state index contributed by atoms with van der Waals surface area (Å²) in [5, 5.41) is 3.05. The van der Waals surface area contributed by atoms with Gasteiger partial charge in [0, 0.05) is 24.5 Å². The van der Waals surface area contributed by atoms with E-state index in [-0.39, 0.29) is 5.91 Å². The zero-order valence-corrected chi connectivity index (χ0v) is 15.4. The highest BCUT2D eigenvalue weighted by Gasteiger charge is 2.22. The van der Waals surface area contributed by atoms with Gasteiger partial charge in [-0.3, -0.25) is 9.78 Å². The minimum Gasteiger partial charge on any atom is -0.367 e. The highest BCUT2D eigenvalue weighted by molar-refractivity contribution is 6.05. The van der Waals surface area contributed by atoms with E-state index in [1.165, 1.54) is 19.3 Å². The molecule has 0 saturated carbocycles. The van der Waals surface area contributed by atoms with Crippen LogP contribution in [-0.4, -0.2) is 23.5 Å². The molecule has 0 aliphatic carbocycles. The number of anilines is 2. The van der Waals surface area contributed by atoms with E-state index in [9.17, 15) is 4.79 Å². The molecule has 1 atom stereocenters. The van der Waals surface area contributed by atoms with Crippen LogP contribution in [0.4, 0.5) is 11.4 Å². The van der Waals surface area contributed by atoms with Crippen LogP contribution in [0.5, 0.6) is 0 Å². The summed E-state index contributed by atoms with van der Waals surface area (Å²) < 4.78 is 0. The summed E-state index contributed by atoms with van der Waals surface area (Å²) >= 11 is 0. The van der Waals surface area contributed by atoms with Crippen molar-refractivity contribution in [3.8, 4) is 0 Å². The van der Waals surface area contributed by atoms with Crippen molar-refractivity contribution in [2.75, 3.05) is 16.8 Å². The standard InChI is InChI=1S/C21H27N3O/c1-4-18-10-5-6-11-24(18)19-12-17(13-22-14-19)21(25)23-20-15(2)8-7-9-16(20)3/h7-9,12-14,18H,4-6,10-11H2,1-3H3,(H,23,25). The zero-order valence-electron chi connectivity index (χ0n) is 15.4. The van der Waals surface area contributed by atoms with Gasteiger partial charge in [0.1, 0.15) is 0 Å². The Balaban J connectivity index is 1.82. The summed E-state index contributed by atoms with van der Waals surface area (Å²) in [7, 11) is 0. The fourth-order valence-electron chi connectivity index (χ4n) is 3.67. The highest BCUT2D eigenvalue weighted by Crippen LogP contribution is 2.27. The fourth-order valence-corrected chi connectivity index (χ4v) is 3.67. The first-order valence-corrected chi connectivity index (χ1v) is 9.19. The molecule has 4 heteroatoms. The second-order valence-corrected chi connectivity index (χ2v) is 6.90. The van der Waals surface area contributed by atoms with Crippen LogP contribution in [0, 0.1) is 13.8 Å². The molecule has 2 aromatic rings. The Hall–Kier alpha value is -2.36. The molecule has 0 bridgehead atoms. The predicted octanol–water partition coefficient (Wildman–Crippen LogP) is 4.72. The third kappa shape index (κ3) is 3.84. The zero-order chi connectivity index (χ0) is 17.8. The van der Waals surface area contributed by atoms with Gasteiger partial charge in [-0.2, -0.15) is 0 Å². The number of aromatic nitrogens is 1. The van der Waals surface area contributed by atoms with Crippen LogP contribution in [0.15, 0.2) is 36.7 Å². The molecule has 1 unspecified atom stereocenters. The molecular weight excluding hydrogens is 310 g/mol. The number of carbonyl (C=O) groups excluding carboxylic acids is 1. The lowest BCUT2D eigenvalue weighted by Crippen LogP contribution is -2.39. The number of amides is 1. The summed E-state index contributed by atoms with van der Waals surface area (Å²) in [6, 6.07) is 8.55. The normalized spacial score (nSPS) is 17.4. The highest BCUT2D eigenvalue weighted by atomic mass is 16.1. The maximum Gasteiger partial charge on any atom is 0.257 e. The smallest absolute Gasteiger partial charge is 0.257 e. The van der Waals surface area contributed by atoms with Crippen molar-refractivity contribution in [2.24, 2.45) is 0 Å². The van der Waals surface area contributed by atoms with Crippen molar-refractivity contribution in [1.82, 2.24) is 4.98 Å². The van der Waals surface area contributed by atoms with Crippen LogP contribution >= 0.6 is 0 Å². The van der Waals surface area contributed by atoms with Gasteiger partial charge in [0.25, 0.3) is 5.91 Å². The lowest BCUT2D eigenvalue weighted by molar-refractivity contribution is 0.102. The van der Waals surface area contributed by atoms with E-state index in [4.69, 9.17) is 0 Å². The van der Waals surface area contributed by atoms with Crippen LogP contribution in [0.2, 0.25) is 0 Å². The van der Waals surface area contributed by atoms with Gasteiger partial charge in [-0.05, 0) is 56.7 Å². The van der Waals surface area contributed by atoms with Crippen LogP contribution in [0.1, 0.15) is 54.1 Å². The van der Waals surface area contributed by atoms with Crippen molar-refractivity contribution < 1.29 is 4.79 Å². The Morgan fingerprint density at radius 3 is 2.72 bits per heavy atom. The first kappa shape index (κ1) is 17.5. The minimum atomic E-state index is -0.100. The number of piperidine rings is 1. The van der Waals surface area contributed by atoms with E-state index in [0.29, 0.717) is 11.6 Å². The molecule has 1 aromatic carbocycles. The van der Waals surface area contributed by atoms with E-state index < -0.39 is 0 Å². The molecule has 1 aliphatic heterocycles. The maximum absolute atomic E-state index is 12.7. The summed E-state index contributed by atoms with van der Waals surface area (Å²) in [5.74, 6) is -0.100. The molecule has 1 amide bonds. The van der Waals surface area contributed by atoms with Crippen molar-refractivity contribution in [3.63, 3.8) is 0 Å². The predicted molar refractivity (Wildman–Crippen MR) is 103 cm³/mol. The summed E-state index contributed by atoms with van der Waals surface area (Å²) in [6.07, 6.45) is 8.36. The van der Waals surface area contributed by atoms with E-state index in [2.05, 4.69) is 22.1 Å².